The molecule has 1 atom stereocenters. The summed E-state index contributed by atoms with van der Waals surface area (Å²) in [5.74, 6) is -2.24. The average Bonchev–Trinajstić information content (AvgIpc) is 2.69. The van der Waals surface area contributed by atoms with Gasteiger partial charge in [0.15, 0.2) is 9.84 Å². The molecule has 2 amide bonds. The smallest absolute Gasteiger partial charge is 0.242 e. The molecule has 10 heteroatoms. The van der Waals surface area contributed by atoms with Crippen LogP contribution in [0.5, 0.6) is 11.5 Å². The molecule has 8 nitrogen and oxygen atoms in total. The topological polar surface area (TPSA) is 111 Å². The van der Waals surface area contributed by atoms with E-state index in [2.05, 4.69) is 10.6 Å². The van der Waals surface area contributed by atoms with Crippen LogP contribution in [0.4, 0.5) is 15.8 Å². The minimum absolute atomic E-state index is 0.0374. The molecule has 30 heavy (non-hydrogen) atoms. The summed E-state index contributed by atoms with van der Waals surface area (Å²) in [5.41, 5.74) is 0.487. The number of benzene rings is 2. The summed E-state index contributed by atoms with van der Waals surface area (Å²) in [6.07, 6.45) is -0.0374. The summed E-state index contributed by atoms with van der Waals surface area (Å²) in [6.45, 7) is 1.53. The number of sulfone groups is 1. The molecule has 0 aliphatic heterocycles. The van der Waals surface area contributed by atoms with Crippen LogP contribution < -0.4 is 20.1 Å². The number of hydrogen-bond acceptors (Lipinski definition) is 6. The van der Waals surface area contributed by atoms with Gasteiger partial charge < -0.3 is 20.1 Å². The molecular weight excluding hydrogens is 415 g/mol. The SMILES string of the molecule is CCC(C(=O)Nc1cc(OC)ccc1OC)S(=O)(=O)CC(=O)Nc1ccc(F)cc1. The molecule has 2 N–H and O–H groups in total. The van der Waals surface area contributed by atoms with Gasteiger partial charge in [0, 0.05) is 11.8 Å². The van der Waals surface area contributed by atoms with E-state index in [1.165, 1.54) is 39.3 Å². The predicted molar refractivity (Wildman–Crippen MR) is 111 cm³/mol. The third-order valence-electron chi connectivity index (χ3n) is 4.22. The molecule has 2 rings (SSSR count). The highest BCUT2D eigenvalue weighted by Crippen LogP contribution is 2.29. The Hall–Kier alpha value is -3.14. The number of methoxy groups -OCH3 is 2. The molecule has 2 aromatic carbocycles. The number of carbonyl (C=O) groups excluding carboxylic acids is 2. The number of ether oxygens (including phenoxy) is 2. The van der Waals surface area contributed by atoms with Gasteiger partial charge in [0.05, 0.1) is 19.9 Å². The molecule has 2 aromatic rings. The Morgan fingerprint density at radius 1 is 1.03 bits per heavy atom. The van der Waals surface area contributed by atoms with Gasteiger partial charge in [-0.05, 0) is 42.8 Å². The van der Waals surface area contributed by atoms with E-state index in [0.717, 1.165) is 12.1 Å². The maximum absolute atomic E-state index is 12.9. The first kappa shape index (κ1) is 23.1. The standard InChI is InChI=1S/C20H23FN2O6S/c1-4-18(20(25)23-16-11-15(28-2)9-10-17(16)29-3)30(26,27)12-19(24)22-14-7-5-13(21)6-8-14/h5-11,18H,4,12H2,1-3H3,(H,22,24)(H,23,25). The first-order valence-corrected chi connectivity index (χ1v) is 10.7. The molecular formula is C20H23FN2O6S. The van der Waals surface area contributed by atoms with E-state index in [1.54, 1.807) is 12.1 Å². The van der Waals surface area contributed by atoms with Crippen molar-refractivity contribution in [2.24, 2.45) is 0 Å². The summed E-state index contributed by atoms with van der Waals surface area (Å²) in [4.78, 5) is 24.8. The zero-order valence-corrected chi connectivity index (χ0v) is 17.6. The van der Waals surface area contributed by atoms with Gasteiger partial charge in [-0.15, -0.1) is 0 Å². The van der Waals surface area contributed by atoms with E-state index in [4.69, 9.17) is 9.47 Å². The zero-order chi connectivity index (χ0) is 22.3. The van der Waals surface area contributed by atoms with Crippen LogP contribution in [0, 0.1) is 5.82 Å². The fourth-order valence-corrected chi connectivity index (χ4v) is 4.27. The largest absolute Gasteiger partial charge is 0.497 e. The molecule has 0 radical (unpaired) electrons. The Morgan fingerprint density at radius 3 is 2.27 bits per heavy atom. The second kappa shape index (κ2) is 10.1. The number of halogens is 1. The lowest BCUT2D eigenvalue weighted by Crippen LogP contribution is -2.39. The lowest BCUT2D eigenvalue weighted by molar-refractivity contribution is -0.115. The number of anilines is 2. The summed E-state index contributed by atoms with van der Waals surface area (Å²) in [5, 5.41) is 3.45. The molecule has 0 aromatic heterocycles. The van der Waals surface area contributed by atoms with Crippen molar-refractivity contribution in [1.82, 2.24) is 0 Å². The van der Waals surface area contributed by atoms with E-state index in [0.29, 0.717) is 11.5 Å². The molecule has 0 saturated heterocycles. The minimum atomic E-state index is -4.12. The molecule has 0 spiro atoms. The van der Waals surface area contributed by atoms with E-state index in [1.807, 2.05) is 0 Å². The van der Waals surface area contributed by atoms with Crippen molar-refractivity contribution in [3.05, 3.63) is 48.3 Å². The van der Waals surface area contributed by atoms with E-state index in [-0.39, 0.29) is 17.8 Å². The Bertz CT molecular complexity index is 1010. The highest BCUT2D eigenvalue weighted by atomic mass is 32.2. The van der Waals surface area contributed by atoms with Gasteiger partial charge in [-0.25, -0.2) is 12.8 Å². The Morgan fingerprint density at radius 2 is 1.70 bits per heavy atom. The van der Waals surface area contributed by atoms with Crippen molar-refractivity contribution in [2.45, 2.75) is 18.6 Å². The van der Waals surface area contributed by atoms with Crippen molar-refractivity contribution in [1.29, 1.82) is 0 Å². The Kier molecular flexibility index (Phi) is 7.76. The number of carbonyl (C=O) groups is 2. The zero-order valence-electron chi connectivity index (χ0n) is 16.8. The first-order chi connectivity index (χ1) is 14.2. The van der Waals surface area contributed by atoms with E-state index >= 15 is 0 Å². The lowest BCUT2D eigenvalue weighted by Gasteiger charge is -2.17. The molecule has 0 bridgehead atoms. The van der Waals surface area contributed by atoms with Crippen molar-refractivity contribution in [3.63, 3.8) is 0 Å². The van der Waals surface area contributed by atoms with Gasteiger partial charge in [0.2, 0.25) is 11.8 Å². The third-order valence-corrected chi connectivity index (χ3v) is 6.30. The van der Waals surface area contributed by atoms with Crippen LogP contribution in [0.15, 0.2) is 42.5 Å². The van der Waals surface area contributed by atoms with Crippen LogP contribution in [0.3, 0.4) is 0 Å². The monoisotopic (exact) mass is 438 g/mol. The van der Waals surface area contributed by atoms with Gasteiger partial charge in [0.1, 0.15) is 28.3 Å². The minimum Gasteiger partial charge on any atom is -0.497 e. The molecule has 1 unspecified atom stereocenters. The van der Waals surface area contributed by atoms with Gasteiger partial charge in [-0.1, -0.05) is 6.92 Å². The maximum atomic E-state index is 12.9. The normalized spacial score (nSPS) is 12.0. The van der Waals surface area contributed by atoms with Gasteiger partial charge >= 0.3 is 0 Å². The third kappa shape index (κ3) is 5.93. The first-order valence-electron chi connectivity index (χ1n) is 9.00. The fourth-order valence-electron chi connectivity index (χ4n) is 2.74. The highest BCUT2D eigenvalue weighted by molar-refractivity contribution is 7.93. The molecule has 162 valence electrons. The number of nitrogens with one attached hydrogen (secondary N) is 2. The van der Waals surface area contributed by atoms with Crippen molar-refractivity contribution < 1.29 is 31.9 Å². The average molecular weight is 438 g/mol. The van der Waals surface area contributed by atoms with Crippen molar-refractivity contribution in [3.8, 4) is 11.5 Å². The van der Waals surface area contributed by atoms with Crippen LogP contribution in [0.1, 0.15) is 13.3 Å². The van der Waals surface area contributed by atoms with Gasteiger partial charge in [0.25, 0.3) is 0 Å². The number of amides is 2. The van der Waals surface area contributed by atoms with Gasteiger partial charge in [-0.2, -0.15) is 0 Å². The van der Waals surface area contributed by atoms with Crippen LogP contribution >= 0.6 is 0 Å². The summed E-state index contributed by atoms with van der Waals surface area (Å²) < 4.78 is 48.6. The molecule has 0 aliphatic rings. The second-order valence-corrected chi connectivity index (χ2v) is 8.50. The molecule has 0 aliphatic carbocycles. The molecule has 0 fully saturated rings. The Labute approximate surface area is 174 Å². The van der Waals surface area contributed by atoms with E-state index < -0.39 is 38.5 Å². The lowest BCUT2D eigenvalue weighted by atomic mass is 10.2. The number of hydrogen-bond donors (Lipinski definition) is 2. The second-order valence-electron chi connectivity index (χ2n) is 6.31. The Balaban J connectivity index is 2.13. The predicted octanol–water partition coefficient (Wildman–Crippen LogP) is 2.61. The van der Waals surface area contributed by atoms with Crippen molar-refractivity contribution >= 4 is 33.0 Å². The quantitative estimate of drug-likeness (QED) is 0.623. The summed E-state index contributed by atoms with van der Waals surface area (Å²) in [6, 6.07) is 9.57. The van der Waals surface area contributed by atoms with Crippen LogP contribution in [-0.2, 0) is 19.4 Å². The maximum Gasteiger partial charge on any atom is 0.242 e. The summed E-state index contributed by atoms with van der Waals surface area (Å²) >= 11 is 0. The van der Waals surface area contributed by atoms with Crippen LogP contribution in [0.25, 0.3) is 0 Å². The molecule has 0 saturated carbocycles. The van der Waals surface area contributed by atoms with Crippen LogP contribution in [-0.4, -0.2) is 45.5 Å². The van der Waals surface area contributed by atoms with Gasteiger partial charge in [-0.3, -0.25) is 9.59 Å². The van der Waals surface area contributed by atoms with Crippen molar-refractivity contribution in [2.75, 3.05) is 30.6 Å². The number of rotatable bonds is 9. The highest BCUT2D eigenvalue weighted by Gasteiger charge is 2.33. The van der Waals surface area contributed by atoms with E-state index in [9.17, 15) is 22.4 Å². The molecule has 0 heterocycles. The van der Waals surface area contributed by atoms with Crippen LogP contribution in [0.2, 0.25) is 0 Å². The summed E-state index contributed by atoms with van der Waals surface area (Å²) in [7, 11) is -1.27. The fraction of sp³-hybridized carbons (Fsp3) is 0.300.